The number of aromatic carboxylic acids is 1. The van der Waals surface area contributed by atoms with Gasteiger partial charge in [0.1, 0.15) is 0 Å². The Labute approximate surface area is 112 Å². The maximum Gasteiger partial charge on any atom is 0.335 e. The SMILES string of the molecule is CCc1ccc(C(=O)O)cc1S(=O)(=O)C(C#N)CC. The quantitative estimate of drug-likeness (QED) is 0.890. The fourth-order valence-electron chi connectivity index (χ4n) is 1.78. The number of carboxylic acids is 1. The molecule has 0 spiro atoms. The first-order valence-corrected chi connectivity index (χ1v) is 7.42. The van der Waals surface area contributed by atoms with Crippen molar-refractivity contribution >= 4 is 15.8 Å². The summed E-state index contributed by atoms with van der Waals surface area (Å²) in [5, 5.41) is 16.7. The third kappa shape index (κ3) is 2.93. The highest BCUT2D eigenvalue weighted by atomic mass is 32.2. The van der Waals surface area contributed by atoms with Gasteiger partial charge in [-0.05, 0) is 30.5 Å². The molecular weight excluding hydrogens is 266 g/mol. The smallest absolute Gasteiger partial charge is 0.335 e. The van der Waals surface area contributed by atoms with E-state index in [9.17, 15) is 13.2 Å². The largest absolute Gasteiger partial charge is 0.478 e. The Morgan fingerprint density at radius 2 is 2.05 bits per heavy atom. The van der Waals surface area contributed by atoms with Gasteiger partial charge >= 0.3 is 5.97 Å². The van der Waals surface area contributed by atoms with Crippen molar-refractivity contribution < 1.29 is 18.3 Å². The van der Waals surface area contributed by atoms with Gasteiger partial charge in [-0.3, -0.25) is 0 Å². The topological polar surface area (TPSA) is 95.2 Å². The molecule has 1 aromatic carbocycles. The molecule has 1 aromatic rings. The molecule has 0 saturated heterocycles. The van der Waals surface area contributed by atoms with E-state index in [0.717, 1.165) is 6.07 Å². The summed E-state index contributed by atoms with van der Waals surface area (Å²) in [7, 11) is -3.82. The Morgan fingerprint density at radius 3 is 2.47 bits per heavy atom. The van der Waals surface area contributed by atoms with Crippen molar-refractivity contribution in [1.29, 1.82) is 5.26 Å². The van der Waals surface area contributed by atoms with Crippen molar-refractivity contribution in [3.63, 3.8) is 0 Å². The van der Waals surface area contributed by atoms with Crippen molar-refractivity contribution in [3.8, 4) is 6.07 Å². The van der Waals surface area contributed by atoms with Gasteiger partial charge < -0.3 is 5.11 Å². The summed E-state index contributed by atoms with van der Waals surface area (Å²) in [6.45, 7) is 3.39. The van der Waals surface area contributed by atoms with Crippen molar-refractivity contribution in [2.45, 2.75) is 36.8 Å². The number of nitriles is 1. The standard InChI is InChI=1S/C13H15NO4S/c1-3-9-5-6-10(13(15)16)7-12(9)19(17,18)11(4-2)8-14/h5-7,11H,3-4H2,1-2H3,(H,15,16). The molecule has 0 aliphatic rings. The van der Waals surface area contributed by atoms with Gasteiger partial charge in [0.2, 0.25) is 0 Å². The van der Waals surface area contributed by atoms with Gasteiger partial charge in [0.25, 0.3) is 0 Å². The van der Waals surface area contributed by atoms with Gasteiger partial charge in [-0.25, -0.2) is 13.2 Å². The zero-order valence-electron chi connectivity index (χ0n) is 10.8. The van der Waals surface area contributed by atoms with Crippen LogP contribution >= 0.6 is 0 Å². The van der Waals surface area contributed by atoms with E-state index in [1.807, 2.05) is 0 Å². The lowest BCUT2D eigenvalue weighted by Gasteiger charge is -2.13. The highest BCUT2D eigenvalue weighted by molar-refractivity contribution is 7.92. The number of aryl methyl sites for hydroxylation is 1. The van der Waals surface area contributed by atoms with Crippen LogP contribution in [0.3, 0.4) is 0 Å². The Morgan fingerprint density at radius 1 is 1.42 bits per heavy atom. The molecule has 6 heteroatoms. The predicted octanol–water partition coefficient (Wildman–Crippen LogP) is 2.02. The van der Waals surface area contributed by atoms with Gasteiger partial charge in [0.05, 0.1) is 16.5 Å². The van der Waals surface area contributed by atoms with Crippen LogP contribution in [-0.2, 0) is 16.3 Å². The van der Waals surface area contributed by atoms with E-state index in [1.54, 1.807) is 19.9 Å². The van der Waals surface area contributed by atoms with Crippen molar-refractivity contribution in [2.24, 2.45) is 0 Å². The fourth-order valence-corrected chi connectivity index (χ4v) is 3.53. The van der Waals surface area contributed by atoms with Gasteiger partial charge in [-0.15, -0.1) is 0 Å². The average molecular weight is 281 g/mol. The van der Waals surface area contributed by atoms with Crippen molar-refractivity contribution in [2.75, 3.05) is 0 Å². The van der Waals surface area contributed by atoms with Crippen LogP contribution in [0.25, 0.3) is 0 Å². The van der Waals surface area contributed by atoms with E-state index in [0.29, 0.717) is 12.0 Å². The van der Waals surface area contributed by atoms with Crippen LogP contribution < -0.4 is 0 Å². The van der Waals surface area contributed by atoms with E-state index in [4.69, 9.17) is 10.4 Å². The molecule has 19 heavy (non-hydrogen) atoms. The maximum absolute atomic E-state index is 12.3. The highest BCUT2D eigenvalue weighted by Crippen LogP contribution is 2.24. The van der Waals surface area contributed by atoms with Crippen LogP contribution in [0.4, 0.5) is 0 Å². The van der Waals surface area contributed by atoms with Crippen molar-refractivity contribution in [3.05, 3.63) is 29.3 Å². The Kier molecular flexibility index (Phi) is 4.67. The van der Waals surface area contributed by atoms with E-state index < -0.39 is 21.1 Å². The number of sulfone groups is 1. The normalized spacial score (nSPS) is 12.7. The van der Waals surface area contributed by atoms with Gasteiger partial charge in [0.15, 0.2) is 15.1 Å². The van der Waals surface area contributed by atoms with Crippen LogP contribution in [-0.4, -0.2) is 24.7 Å². The fraction of sp³-hybridized carbons (Fsp3) is 0.385. The Hall–Kier alpha value is -1.87. The number of rotatable bonds is 5. The summed E-state index contributed by atoms with van der Waals surface area (Å²) in [6.07, 6.45) is 0.621. The lowest BCUT2D eigenvalue weighted by molar-refractivity contribution is 0.0696. The minimum atomic E-state index is -3.82. The molecule has 0 saturated carbocycles. The lowest BCUT2D eigenvalue weighted by Crippen LogP contribution is -2.20. The zero-order chi connectivity index (χ0) is 14.6. The van der Waals surface area contributed by atoms with Crippen LogP contribution in [0.15, 0.2) is 23.1 Å². The van der Waals surface area contributed by atoms with Gasteiger partial charge in [0, 0.05) is 0 Å². The lowest BCUT2D eigenvalue weighted by atomic mass is 10.1. The minimum Gasteiger partial charge on any atom is -0.478 e. The molecule has 1 N–H and O–H groups in total. The second-order valence-corrected chi connectivity index (χ2v) is 6.15. The molecule has 0 bridgehead atoms. The first-order chi connectivity index (χ1) is 8.88. The summed E-state index contributed by atoms with van der Waals surface area (Å²) < 4.78 is 24.7. The van der Waals surface area contributed by atoms with Crippen LogP contribution in [0.5, 0.6) is 0 Å². The van der Waals surface area contributed by atoms with Crippen molar-refractivity contribution in [1.82, 2.24) is 0 Å². The molecule has 0 fully saturated rings. The molecule has 5 nitrogen and oxygen atoms in total. The molecule has 0 heterocycles. The number of carboxylic acid groups (broad SMARTS) is 1. The third-order valence-electron chi connectivity index (χ3n) is 2.89. The monoisotopic (exact) mass is 281 g/mol. The number of nitrogens with zero attached hydrogens (tertiary/aromatic N) is 1. The maximum atomic E-state index is 12.3. The third-order valence-corrected chi connectivity index (χ3v) is 5.07. The summed E-state index contributed by atoms with van der Waals surface area (Å²) in [4.78, 5) is 10.9. The summed E-state index contributed by atoms with van der Waals surface area (Å²) in [5.74, 6) is -1.19. The summed E-state index contributed by atoms with van der Waals surface area (Å²) in [6, 6.07) is 5.75. The molecule has 0 aliphatic carbocycles. The van der Waals surface area contributed by atoms with Crippen LogP contribution in [0.2, 0.25) is 0 Å². The van der Waals surface area contributed by atoms with Gasteiger partial charge in [-0.2, -0.15) is 5.26 Å². The highest BCUT2D eigenvalue weighted by Gasteiger charge is 2.28. The zero-order valence-corrected chi connectivity index (χ0v) is 11.6. The second-order valence-electron chi connectivity index (χ2n) is 4.05. The molecule has 102 valence electrons. The van der Waals surface area contributed by atoms with E-state index in [1.165, 1.54) is 12.1 Å². The second kappa shape index (κ2) is 5.85. The molecular formula is C13H15NO4S. The molecule has 0 radical (unpaired) electrons. The van der Waals surface area contributed by atoms with E-state index in [-0.39, 0.29) is 16.9 Å². The number of benzene rings is 1. The van der Waals surface area contributed by atoms with E-state index >= 15 is 0 Å². The predicted molar refractivity (Wildman–Crippen MR) is 69.7 cm³/mol. The van der Waals surface area contributed by atoms with E-state index in [2.05, 4.69) is 0 Å². The average Bonchev–Trinajstić information content (AvgIpc) is 2.38. The molecule has 0 amide bonds. The molecule has 1 rings (SSSR count). The molecule has 1 atom stereocenters. The summed E-state index contributed by atoms with van der Waals surface area (Å²) in [5.41, 5.74) is 0.433. The molecule has 0 aromatic heterocycles. The molecule has 1 unspecified atom stereocenters. The van der Waals surface area contributed by atoms with Crippen LogP contribution in [0, 0.1) is 11.3 Å². The minimum absolute atomic E-state index is 0.0525. The first-order valence-electron chi connectivity index (χ1n) is 5.88. The number of carbonyl (C=O) groups is 1. The van der Waals surface area contributed by atoms with Gasteiger partial charge in [-0.1, -0.05) is 19.9 Å². The first kappa shape index (κ1) is 15.2. The molecule has 0 aliphatic heterocycles. The number of hydrogen-bond donors (Lipinski definition) is 1. The van der Waals surface area contributed by atoms with Crippen LogP contribution in [0.1, 0.15) is 36.2 Å². The number of hydrogen-bond acceptors (Lipinski definition) is 4. The Bertz CT molecular complexity index is 629. The summed E-state index contributed by atoms with van der Waals surface area (Å²) >= 11 is 0. The Balaban J connectivity index is 3.52.